The van der Waals surface area contributed by atoms with E-state index in [9.17, 15) is 18.0 Å². The molecule has 2 aromatic heterocycles. The molecule has 6 nitrogen and oxygen atoms in total. The Morgan fingerprint density at radius 3 is 2.52 bits per heavy atom. The van der Waals surface area contributed by atoms with Gasteiger partial charge in [0.1, 0.15) is 11.3 Å². The van der Waals surface area contributed by atoms with Crippen LogP contribution in [0.2, 0.25) is 0 Å². The van der Waals surface area contributed by atoms with Crippen molar-refractivity contribution in [2.75, 3.05) is 17.6 Å². The summed E-state index contributed by atoms with van der Waals surface area (Å²) in [7, 11) is 0. The molecule has 0 spiro atoms. The number of rotatable bonds is 5. The molecule has 0 aliphatic heterocycles. The minimum absolute atomic E-state index is 0.0453. The maximum Gasteiger partial charge on any atom is 0.438 e. The van der Waals surface area contributed by atoms with Crippen LogP contribution >= 0.6 is 0 Å². The fraction of sp³-hybridized carbons (Fsp3) is 0.500. The van der Waals surface area contributed by atoms with E-state index in [1.165, 1.54) is 6.07 Å². The van der Waals surface area contributed by atoms with Gasteiger partial charge in [-0.3, -0.25) is 9.36 Å². The average molecular weight is 329 g/mol. The summed E-state index contributed by atoms with van der Waals surface area (Å²) in [5.74, 6) is 0.405. The number of nitrogen functional groups attached to an aromatic ring is 1. The SMILES string of the molecule is CCCNc1cc(N)c2nc(C(F)(F)F)c(=O)n(CCC)c2n1. The third kappa shape index (κ3) is 3.38. The standard InChI is InChI=1S/C14H18F3N5O/c1-3-5-19-9-7-8(18)10-12(20-9)22(6-4-2)13(23)11(21-10)14(15,16)17/h7H,3-6H2,1-2H3,(H3,18,19,20). The highest BCUT2D eigenvalue weighted by molar-refractivity contribution is 5.86. The molecule has 0 amide bonds. The van der Waals surface area contributed by atoms with Crippen LogP contribution in [0.3, 0.4) is 0 Å². The number of anilines is 2. The molecule has 2 aromatic rings. The summed E-state index contributed by atoms with van der Waals surface area (Å²) in [4.78, 5) is 19.8. The predicted molar refractivity (Wildman–Crippen MR) is 82.3 cm³/mol. The zero-order valence-electron chi connectivity index (χ0n) is 12.9. The van der Waals surface area contributed by atoms with Gasteiger partial charge in [0.2, 0.25) is 5.69 Å². The molecular formula is C14H18F3N5O. The molecule has 0 aliphatic rings. The van der Waals surface area contributed by atoms with Gasteiger partial charge in [-0.15, -0.1) is 0 Å². The van der Waals surface area contributed by atoms with Crippen molar-refractivity contribution in [2.45, 2.75) is 39.4 Å². The molecule has 0 atom stereocenters. The topological polar surface area (TPSA) is 85.8 Å². The number of aryl methyl sites for hydroxylation is 1. The second kappa shape index (κ2) is 6.43. The summed E-state index contributed by atoms with van der Waals surface area (Å²) in [6.07, 6.45) is -3.52. The smallest absolute Gasteiger partial charge is 0.397 e. The van der Waals surface area contributed by atoms with Crippen molar-refractivity contribution in [3.63, 3.8) is 0 Å². The Morgan fingerprint density at radius 1 is 1.26 bits per heavy atom. The van der Waals surface area contributed by atoms with E-state index in [-0.39, 0.29) is 23.4 Å². The normalized spacial score (nSPS) is 11.9. The second-order valence-corrected chi connectivity index (χ2v) is 5.11. The largest absolute Gasteiger partial charge is 0.438 e. The summed E-state index contributed by atoms with van der Waals surface area (Å²) in [6.45, 7) is 4.45. The monoisotopic (exact) mass is 329 g/mol. The van der Waals surface area contributed by atoms with Crippen LogP contribution in [-0.2, 0) is 12.7 Å². The van der Waals surface area contributed by atoms with Gasteiger partial charge in [-0.05, 0) is 12.8 Å². The molecule has 0 fully saturated rings. The molecule has 9 heteroatoms. The van der Waals surface area contributed by atoms with Crippen LogP contribution in [0, 0.1) is 0 Å². The van der Waals surface area contributed by atoms with Gasteiger partial charge in [0.05, 0.1) is 5.69 Å². The minimum Gasteiger partial charge on any atom is -0.397 e. The molecule has 2 heterocycles. The van der Waals surface area contributed by atoms with Gasteiger partial charge in [-0.2, -0.15) is 13.2 Å². The van der Waals surface area contributed by atoms with E-state index in [4.69, 9.17) is 5.73 Å². The zero-order chi connectivity index (χ0) is 17.2. The zero-order valence-corrected chi connectivity index (χ0v) is 12.9. The Balaban J connectivity index is 2.78. The maximum absolute atomic E-state index is 13.0. The van der Waals surface area contributed by atoms with E-state index in [2.05, 4.69) is 15.3 Å². The lowest BCUT2D eigenvalue weighted by molar-refractivity contribution is -0.142. The number of hydrogen-bond acceptors (Lipinski definition) is 5. The number of nitrogens with zero attached hydrogens (tertiary/aromatic N) is 3. The number of alkyl halides is 3. The lowest BCUT2D eigenvalue weighted by Crippen LogP contribution is -2.31. The summed E-state index contributed by atoms with van der Waals surface area (Å²) in [6, 6.07) is 1.42. The molecule has 0 aromatic carbocycles. The molecule has 0 unspecified atom stereocenters. The van der Waals surface area contributed by atoms with Crippen LogP contribution in [-0.4, -0.2) is 21.1 Å². The molecule has 0 bridgehead atoms. The highest BCUT2D eigenvalue weighted by Crippen LogP contribution is 2.28. The number of nitrogens with one attached hydrogen (secondary N) is 1. The van der Waals surface area contributed by atoms with Crippen LogP contribution in [0.1, 0.15) is 32.4 Å². The molecule has 0 saturated carbocycles. The van der Waals surface area contributed by atoms with Crippen molar-refractivity contribution < 1.29 is 13.2 Å². The van der Waals surface area contributed by atoms with E-state index in [0.717, 1.165) is 11.0 Å². The number of fused-ring (bicyclic) bond motifs is 1. The van der Waals surface area contributed by atoms with Crippen molar-refractivity contribution in [3.05, 3.63) is 22.1 Å². The minimum atomic E-state index is -4.84. The molecule has 2 rings (SSSR count). The Hall–Kier alpha value is -2.32. The molecule has 0 saturated heterocycles. The Morgan fingerprint density at radius 2 is 1.96 bits per heavy atom. The van der Waals surface area contributed by atoms with Crippen molar-refractivity contribution in [1.29, 1.82) is 0 Å². The average Bonchev–Trinajstić information content (AvgIpc) is 2.46. The third-order valence-electron chi connectivity index (χ3n) is 3.20. The first kappa shape index (κ1) is 17.0. The summed E-state index contributed by atoms with van der Waals surface area (Å²) in [5, 5.41) is 3.00. The van der Waals surface area contributed by atoms with Crippen molar-refractivity contribution in [2.24, 2.45) is 0 Å². The second-order valence-electron chi connectivity index (χ2n) is 5.11. The van der Waals surface area contributed by atoms with Gasteiger partial charge < -0.3 is 11.1 Å². The van der Waals surface area contributed by atoms with Crippen molar-refractivity contribution >= 4 is 22.7 Å². The van der Waals surface area contributed by atoms with Crippen molar-refractivity contribution in [3.8, 4) is 0 Å². The summed E-state index contributed by atoms with van der Waals surface area (Å²) in [5.41, 5.74) is 3.14. The Bertz CT molecular complexity index is 770. The quantitative estimate of drug-likeness (QED) is 0.881. The molecular weight excluding hydrogens is 311 g/mol. The predicted octanol–water partition coefficient (Wildman–Crippen LogP) is 2.62. The first-order chi connectivity index (χ1) is 10.8. The number of pyridine rings is 1. The maximum atomic E-state index is 13.0. The van der Waals surface area contributed by atoms with Crippen LogP contribution in [0.15, 0.2) is 10.9 Å². The number of hydrogen-bond donors (Lipinski definition) is 2. The van der Waals surface area contributed by atoms with Gasteiger partial charge in [0, 0.05) is 19.2 Å². The molecule has 3 N–H and O–H groups in total. The summed E-state index contributed by atoms with van der Waals surface area (Å²) < 4.78 is 40.1. The van der Waals surface area contributed by atoms with E-state index in [0.29, 0.717) is 18.8 Å². The van der Waals surface area contributed by atoms with Gasteiger partial charge in [0.25, 0.3) is 5.56 Å². The third-order valence-corrected chi connectivity index (χ3v) is 3.20. The van der Waals surface area contributed by atoms with Gasteiger partial charge in [0.15, 0.2) is 5.65 Å². The van der Waals surface area contributed by atoms with Gasteiger partial charge >= 0.3 is 6.18 Å². The van der Waals surface area contributed by atoms with Crippen LogP contribution in [0.25, 0.3) is 11.2 Å². The van der Waals surface area contributed by atoms with Gasteiger partial charge in [-0.1, -0.05) is 13.8 Å². The highest BCUT2D eigenvalue weighted by Gasteiger charge is 2.37. The highest BCUT2D eigenvalue weighted by atomic mass is 19.4. The van der Waals surface area contributed by atoms with E-state index >= 15 is 0 Å². The van der Waals surface area contributed by atoms with Gasteiger partial charge in [-0.25, -0.2) is 9.97 Å². The fourth-order valence-corrected chi connectivity index (χ4v) is 2.19. The van der Waals surface area contributed by atoms with Crippen LogP contribution in [0.4, 0.5) is 24.7 Å². The van der Waals surface area contributed by atoms with Crippen LogP contribution in [0.5, 0.6) is 0 Å². The Labute approximate surface area is 130 Å². The first-order valence-corrected chi connectivity index (χ1v) is 7.31. The summed E-state index contributed by atoms with van der Waals surface area (Å²) >= 11 is 0. The number of nitrogens with two attached hydrogens (primary N) is 1. The molecule has 0 aliphatic carbocycles. The Kier molecular flexibility index (Phi) is 4.76. The molecule has 23 heavy (non-hydrogen) atoms. The lowest BCUT2D eigenvalue weighted by atomic mass is 10.3. The van der Waals surface area contributed by atoms with E-state index in [1.54, 1.807) is 6.92 Å². The molecule has 0 radical (unpaired) electrons. The first-order valence-electron chi connectivity index (χ1n) is 7.31. The number of halogens is 3. The fourth-order valence-electron chi connectivity index (χ4n) is 2.19. The van der Waals surface area contributed by atoms with Crippen LogP contribution < -0.4 is 16.6 Å². The number of aromatic nitrogens is 3. The molecule has 126 valence electrons. The van der Waals surface area contributed by atoms with E-state index in [1.807, 2.05) is 6.92 Å². The van der Waals surface area contributed by atoms with Crippen molar-refractivity contribution in [1.82, 2.24) is 14.5 Å². The van der Waals surface area contributed by atoms with E-state index < -0.39 is 17.4 Å². The lowest BCUT2D eigenvalue weighted by Gasteiger charge is -2.15.